The minimum atomic E-state index is -0.166. The summed E-state index contributed by atoms with van der Waals surface area (Å²) in [6.07, 6.45) is 7.91. The third-order valence-corrected chi connectivity index (χ3v) is 8.62. The number of anilines is 2. The van der Waals surface area contributed by atoms with Crippen LogP contribution in [0.2, 0.25) is 0 Å². The van der Waals surface area contributed by atoms with Crippen molar-refractivity contribution >= 4 is 61.8 Å². The van der Waals surface area contributed by atoms with Gasteiger partial charge in [-0.1, -0.05) is 35.6 Å². The summed E-state index contributed by atoms with van der Waals surface area (Å²) in [5.41, 5.74) is 12.8. The van der Waals surface area contributed by atoms with Crippen molar-refractivity contribution in [2.75, 3.05) is 18.1 Å². The standard InChI is InChI=1S/C30H30N8O2S/c1-17-6-4-7-19(23(17)15-39)12-22(37(3)21-8-5-9-21)14-38-29-26(28(31)32-16-33-29)27(36-38)20-10-11-24-25(13-20)41-30(35-24)34-18(2)40/h4,6-7,10-13,15-16,21H,5,8-9,14H2,1-3H3,(H2,31,32,33)(H,34,35,40)/b22-12-. The van der Waals surface area contributed by atoms with Gasteiger partial charge in [0.05, 0.1) is 22.1 Å². The highest BCUT2D eigenvalue weighted by atomic mass is 32.1. The molecule has 3 N–H and O–H groups in total. The van der Waals surface area contributed by atoms with Gasteiger partial charge in [-0.3, -0.25) is 9.59 Å². The number of nitrogens with two attached hydrogens (primary N) is 1. The molecule has 3 aromatic heterocycles. The van der Waals surface area contributed by atoms with Crippen LogP contribution in [0.4, 0.5) is 10.9 Å². The minimum Gasteiger partial charge on any atom is -0.383 e. The van der Waals surface area contributed by atoms with E-state index >= 15 is 0 Å². The Kier molecular flexibility index (Phi) is 6.96. The smallest absolute Gasteiger partial charge is 0.223 e. The van der Waals surface area contributed by atoms with Crippen LogP contribution in [0.5, 0.6) is 0 Å². The van der Waals surface area contributed by atoms with E-state index in [0.29, 0.717) is 45.8 Å². The first-order valence-electron chi connectivity index (χ1n) is 13.5. The molecule has 0 atom stereocenters. The number of nitrogens with zero attached hydrogens (tertiary/aromatic N) is 6. The zero-order valence-electron chi connectivity index (χ0n) is 23.1. The lowest BCUT2D eigenvalue weighted by Gasteiger charge is -2.38. The number of thiazole rings is 1. The Morgan fingerprint density at radius 1 is 1.24 bits per heavy atom. The van der Waals surface area contributed by atoms with Crippen molar-refractivity contribution in [2.45, 2.75) is 45.7 Å². The second-order valence-electron chi connectivity index (χ2n) is 10.4. The fourth-order valence-electron chi connectivity index (χ4n) is 5.21. The maximum atomic E-state index is 12.0. The number of aldehydes is 1. The van der Waals surface area contributed by atoms with E-state index in [4.69, 9.17) is 10.8 Å². The molecule has 0 unspecified atom stereocenters. The fourth-order valence-corrected chi connectivity index (χ4v) is 6.16. The van der Waals surface area contributed by atoms with Crippen LogP contribution in [0.25, 0.3) is 38.6 Å². The third-order valence-electron chi connectivity index (χ3n) is 7.69. The average molecular weight is 567 g/mol. The van der Waals surface area contributed by atoms with Crippen LogP contribution in [0, 0.1) is 6.92 Å². The molecular weight excluding hydrogens is 536 g/mol. The predicted octanol–water partition coefficient (Wildman–Crippen LogP) is 5.29. The van der Waals surface area contributed by atoms with Gasteiger partial charge in [-0.2, -0.15) is 5.10 Å². The number of nitrogens with one attached hydrogen (secondary N) is 1. The van der Waals surface area contributed by atoms with Gasteiger partial charge in [0.2, 0.25) is 5.91 Å². The maximum absolute atomic E-state index is 12.0. The molecule has 0 radical (unpaired) electrons. The number of nitrogen functional groups attached to an aromatic ring is 1. The molecule has 0 aliphatic heterocycles. The molecule has 0 bridgehead atoms. The van der Waals surface area contributed by atoms with Gasteiger partial charge in [-0.05, 0) is 55.5 Å². The zero-order valence-corrected chi connectivity index (χ0v) is 23.9. The molecule has 1 aliphatic carbocycles. The summed E-state index contributed by atoms with van der Waals surface area (Å²) in [4.78, 5) is 39.1. The summed E-state index contributed by atoms with van der Waals surface area (Å²) in [6.45, 7) is 3.84. The molecule has 2 aromatic carbocycles. The Labute approximate surface area is 240 Å². The van der Waals surface area contributed by atoms with Gasteiger partial charge in [0.1, 0.15) is 17.8 Å². The highest BCUT2D eigenvalue weighted by Gasteiger charge is 2.26. The number of likely N-dealkylation sites (N-methyl/N-ethyl adjacent to an activating group) is 1. The van der Waals surface area contributed by atoms with Crippen LogP contribution in [-0.2, 0) is 11.3 Å². The van der Waals surface area contributed by atoms with Gasteiger partial charge in [0.15, 0.2) is 17.1 Å². The summed E-state index contributed by atoms with van der Waals surface area (Å²) in [6, 6.07) is 12.2. The average Bonchev–Trinajstić information content (AvgIpc) is 3.48. The molecule has 10 nitrogen and oxygen atoms in total. The zero-order chi connectivity index (χ0) is 28.7. The summed E-state index contributed by atoms with van der Waals surface area (Å²) in [5, 5.41) is 8.99. The number of aromatic nitrogens is 5. The van der Waals surface area contributed by atoms with E-state index in [1.54, 1.807) is 0 Å². The van der Waals surface area contributed by atoms with Gasteiger partial charge in [0, 0.05) is 36.8 Å². The number of rotatable bonds is 8. The number of carbonyl (C=O) groups excluding carboxylic acids is 2. The molecule has 208 valence electrons. The molecule has 41 heavy (non-hydrogen) atoms. The Bertz CT molecular complexity index is 1840. The largest absolute Gasteiger partial charge is 0.383 e. The molecule has 11 heteroatoms. The SMILES string of the molecule is CC(=O)Nc1nc2ccc(-c3nn(C/C(=C/c4cccc(C)c4C=O)N(C)C4CCC4)c4ncnc(N)c34)cc2s1. The Balaban J connectivity index is 1.46. The predicted molar refractivity (Wildman–Crippen MR) is 163 cm³/mol. The van der Waals surface area contributed by atoms with Gasteiger partial charge in [-0.15, -0.1) is 0 Å². The maximum Gasteiger partial charge on any atom is 0.223 e. The molecule has 5 aromatic rings. The Hall–Kier alpha value is -4.64. The first-order chi connectivity index (χ1) is 19.8. The van der Waals surface area contributed by atoms with Gasteiger partial charge in [-0.25, -0.2) is 19.6 Å². The number of hydrogen-bond donors (Lipinski definition) is 2. The van der Waals surface area contributed by atoms with Crippen molar-refractivity contribution in [3.8, 4) is 11.3 Å². The lowest BCUT2D eigenvalue weighted by atomic mass is 9.91. The Morgan fingerprint density at radius 3 is 2.80 bits per heavy atom. The van der Waals surface area contributed by atoms with Crippen molar-refractivity contribution in [3.63, 3.8) is 0 Å². The molecule has 0 spiro atoms. The van der Waals surface area contributed by atoms with Crippen LogP contribution in [0.3, 0.4) is 0 Å². The normalized spacial score (nSPS) is 13.9. The van der Waals surface area contributed by atoms with Crippen molar-refractivity contribution in [2.24, 2.45) is 0 Å². The van der Waals surface area contributed by atoms with Crippen molar-refractivity contribution in [1.82, 2.24) is 29.6 Å². The van der Waals surface area contributed by atoms with Gasteiger partial charge < -0.3 is 16.0 Å². The van der Waals surface area contributed by atoms with E-state index in [1.165, 1.54) is 31.0 Å². The first-order valence-corrected chi connectivity index (χ1v) is 14.3. The quantitative estimate of drug-likeness (QED) is 0.242. The number of amides is 1. The van der Waals surface area contributed by atoms with E-state index < -0.39 is 0 Å². The topological polar surface area (TPSA) is 132 Å². The van der Waals surface area contributed by atoms with E-state index in [-0.39, 0.29) is 5.91 Å². The molecule has 0 saturated heterocycles. The minimum absolute atomic E-state index is 0.166. The summed E-state index contributed by atoms with van der Waals surface area (Å²) in [7, 11) is 2.10. The number of benzene rings is 2. The van der Waals surface area contributed by atoms with Crippen LogP contribution in [0.15, 0.2) is 48.4 Å². The van der Waals surface area contributed by atoms with Crippen LogP contribution < -0.4 is 11.1 Å². The third kappa shape index (κ3) is 5.04. The number of fused-ring (bicyclic) bond motifs is 2. The van der Waals surface area contributed by atoms with Crippen LogP contribution in [0.1, 0.15) is 47.7 Å². The molecule has 3 heterocycles. The van der Waals surface area contributed by atoms with Gasteiger partial charge >= 0.3 is 0 Å². The van der Waals surface area contributed by atoms with Crippen molar-refractivity contribution in [1.29, 1.82) is 0 Å². The number of hydrogen-bond acceptors (Lipinski definition) is 9. The van der Waals surface area contributed by atoms with E-state index in [0.717, 1.165) is 51.7 Å². The monoisotopic (exact) mass is 566 g/mol. The van der Waals surface area contributed by atoms with Crippen LogP contribution >= 0.6 is 11.3 Å². The second kappa shape index (κ2) is 10.7. The lowest BCUT2D eigenvalue weighted by Crippen LogP contribution is -2.37. The molecule has 1 amide bonds. The van der Waals surface area contributed by atoms with E-state index in [9.17, 15) is 9.59 Å². The fraction of sp³-hybridized carbons (Fsp3) is 0.267. The molecular formula is C30H30N8O2S. The lowest BCUT2D eigenvalue weighted by molar-refractivity contribution is -0.114. The highest BCUT2D eigenvalue weighted by molar-refractivity contribution is 7.22. The van der Waals surface area contributed by atoms with Crippen molar-refractivity contribution in [3.05, 3.63) is 65.1 Å². The first kappa shape index (κ1) is 26.6. The molecule has 1 aliphatic rings. The van der Waals surface area contributed by atoms with Crippen molar-refractivity contribution < 1.29 is 9.59 Å². The molecule has 1 fully saturated rings. The Morgan fingerprint density at radius 2 is 2.07 bits per heavy atom. The molecule has 1 saturated carbocycles. The number of allylic oxidation sites excluding steroid dienone is 1. The van der Waals surface area contributed by atoms with Crippen LogP contribution in [-0.4, -0.2) is 54.9 Å². The highest BCUT2D eigenvalue weighted by Crippen LogP contribution is 2.35. The number of carbonyl (C=O) groups is 2. The molecule has 6 rings (SSSR count). The summed E-state index contributed by atoms with van der Waals surface area (Å²) < 4.78 is 2.77. The van der Waals surface area contributed by atoms with E-state index in [2.05, 4.69) is 38.3 Å². The summed E-state index contributed by atoms with van der Waals surface area (Å²) >= 11 is 1.40. The van der Waals surface area contributed by atoms with Gasteiger partial charge in [0.25, 0.3) is 0 Å². The number of aryl methyl sites for hydroxylation is 1. The van der Waals surface area contributed by atoms with E-state index in [1.807, 2.05) is 48.0 Å². The summed E-state index contributed by atoms with van der Waals surface area (Å²) in [5.74, 6) is 0.181. The second-order valence-corrected chi connectivity index (χ2v) is 11.4.